The summed E-state index contributed by atoms with van der Waals surface area (Å²) in [6.45, 7) is 4.83. The summed E-state index contributed by atoms with van der Waals surface area (Å²) in [5.41, 5.74) is 5.39. The summed E-state index contributed by atoms with van der Waals surface area (Å²) in [7, 11) is 1.83. The maximum Gasteiger partial charge on any atom is 0.128 e. The number of hydrogen-bond acceptors (Lipinski definition) is 1. The molecule has 0 fully saturated rings. The summed E-state index contributed by atoms with van der Waals surface area (Å²) < 4.78 is 14.1. The molecule has 0 amide bonds. The summed E-state index contributed by atoms with van der Waals surface area (Å²) >= 11 is 0. The third-order valence-corrected chi connectivity index (χ3v) is 3.69. The first-order valence-electron chi connectivity index (χ1n) is 7.24. The molecule has 0 aliphatic carbocycles. The summed E-state index contributed by atoms with van der Waals surface area (Å²) in [5, 5.41) is 2.98. The SMILES string of the molecule is CCc1ccc(CC)c(-c2ccc(CNC)c(F)c2)c1. The Morgan fingerprint density at radius 3 is 2.30 bits per heavy atom. The molecule has 0 radical (unpaired) electrons. The van der Waals surface area contributed by atoms with E-state index in [4.69, 9.17) is 0 Å². The van der Waals surface area contributed by atoms with Crippen LogP contribution in [0.25, 0.3) is 11.1 Å². The van der Waals surface area contributed by atoms with Gasteiger partial charge in [0.05, 0.1) is 0 Å². The fourth-order valence-electron chi connectivity index (χ4n) is 2.47. The molecule has 0 saturated heterocycles. The lowest BCUT2D eigenvalue weighted by Gasteiger charge is -2.12. The minimum Gasteiger partial charge on any atom is -0.316 e. The van der Waals surface area contributed by atoms with Crippen molar-refractivity contribution in [2.75, 3.05) is 7.05 Å². The van der Waals surface area contributed by atoms with Gasteiger partial charge in [0.25, 0.3) is 0 Å². The molecule has 2 rings (SSSR count). The van der Waals surface area contributed by atoms with Crippen LogP contribution in [0.5, 0.6) is 0 Å². The van der Waals surface area contributed by atoms with E-state index in [1.807, 2.05) is 19.2 Å². The Kier molecular flexibility index (Phi) is 4.91. The van der Waals surface area contributed by atoms with E-state index in [9.17, 15) is 4.39 Å². The number of nitrogens with one attached hydrogen (secondary N) is 1. The highest BCUT2D eigenvalue weighted by Crippen LogP contribution is 2.27. The van der Waals surface area contributed by atoms with E-state index >= 15 is 0 Å². The maximum atomic E-state index is 14.1. The molecular weight excluding hydrogens is 249 g/mol. The zero-order valence-corrected chi connectivity index (χ0v) is 12.5. The van der Waals surface area contributed by atoms with Crippen LogP contribution >= 0.6 is 0 Å². The molecule has 20 heavy (non-hydrogen) atoms. The molecule has 0 bridgehead atoms. The van der Waals surface area contributed by atoms with Crippen LogP contribution in [0, 0.1) is 5.82 Å². The zero-order chi connectivity index (χ0) is 14.5. The van der Waals surface area contributed by atoms with E-state index in [1.165, 1.54) is 11.1 Å². The molecule has 0 aromatic heterocycles. The highest BCUT2D eigenvalue weighted by molar-refractivity contribution is 5.68. The molecule has 0 spiro atoms. The van der Waals surface area contributed by atoms with E-state index in [0.717, 1.165) is 24.0 Å². The van der Waals surface area contributed by atoms with Gasteiger partial charge in [-0.2, -0.15) is 0 Å². The molecule has 0 atom stereocenters. The lowest BCUT2D eigenvalue weighted by atomic mass is 9.94. The number of benzene rings is 2. The first-order valence-corrected chi connectivity index (χ1v) is 7.24. The molecule has 0 heterocycles. The standard InChI is InChI=1S/C18H22FN/c1-4-13-6-7-14(5-2)17(10-13)15-8-9-16(12-20-3)18(19)11-15/h6-11,20H,4-5,12H2,1-3H3. The Labute approximate surface area is 120 Å². The van der Waals surface area contributed by atoms with Crippen LogP contribution in [0.3, 0.4) is 0 Å². The van der Waals surface area contributed by atoms with Crippen molar-refractivity contribution in [3.05, 3.63) is 58.9 Å². The molecule has 106 valence electrons. The molecule has 0 aliphatic rings. The third kappa shape index (κ3) is 3.07. The Morgan fingerprint density at radius 1 is 0.950 bits per heavy atom. The van der Waals surface area contributed by atoms with Crippen LogP contribution in [-0.2, 0) is 19.4 Å². The Morgan fingerprint density at radius 2 is 1.70 bits per heavy atom. The summed E-state index contributed by atoms with van der Waals surface area (Å²) in [5.74, 6) is -0.138. The van der Waals surface area contributed by atoms with Crippen LogP contribution < -0.4 is 5.32 Å². The van der Waals surface area contributed by atoms with Gasteiger partial charge in [0.1, 0.15) is 5.82 Å². The van der Waals surface area contributed by atoms with Gasteiger partial charge in [0, 0.05) is 12.1 Å². The van der Waals surface area contributed by atoms with Crippen LogP contribution in [0.4, 0.5) is 4.39 Å². The van der Waals surface area contributed by atoms with Gasteiger partial charge in [-0.3, -0.25) is 0 Å². The number of rotatable bonds is 5. The van der Waals surface area contributed by atoms with Gasteiger partial charge in [0.15, 0.2) is 0 Å². The van der Waals surface area contributed by atoms with Crippen molar-refractivity contribution in [1.82, 2.24) is 5.32 Å². The van der Waals surface area contributed by atoms with Crippen LogP contribution in [0.15, 0.2) is 36.4 Å². The monoisotopic (exact) mass is 271 g/mol. The first kappa shape index (κ1) is 14.7. The molecule has 2 aromatic carbocycles. The topological polar surface area (TPSA) is 12.0 Å². The number of aryl methyl sites for hydroxylation is 2. The van der Waals surface area contributed by atoms with Crippen molar-refractivity contribution < 1.29 is 4.39 Å². The molecule has 0 unspecified atom stereocenters. The molecule has 0 saturated carbocycles. The maximum absolute atomic E-state index is 14.1. The van der Waals surface area contributed by atoms with Crippen molar-refractivity contribution in [2.24, 2.45) is 0 Å². The highest BCUT2D eigenvalue weighted by Gasteiger charge is 2.08. The first-order chi connectivity index (χ1) is 9.69. The van der Waals surface area contributed by atoms with E-state index in [0.29, 0.717) is 12.1 Å². The minimum atomic E-state index is -0.138. The predicted molar refractivity (Wildman–Crippen MR) is 83.4 cm³/mol. The van der Waals surface area contributed by atoms with Gasteiger partial charge in [-0.25, -0.2) is 4.39 Å². The Balaban J connectivity index is 2.47. The van der Waals surface area contributed by atoms with Gasteiger partial charge in [0.2, 0.25) is 0 Å². The third-order valence-electron chi connectivity index (χ3n) is 3.69. The number of hydrogen-bond donors (Lipinski definition) is 1. The van der Waals surface area contributed by atoms with Gasteiger partial charge < -0.3 is 5.32 Å². The molecule has 1 nitrogen and oxygen atoms in total. The molecule has 2 aromatic rings. The molecule has 1 N–H and O–H groups in total. The Hall–Kier alpha value is -1.67. The van der Waals surface area contributed by atoms with Gasteiger partial charge in [-0.15, -0.1) is 0 Å². The largest absolute Gasteiger partial charge is 0.316 e. The van der Waals surface area contributed by atoms with Crippen LogP contribution in [0.2, 0.25) is 0 Å². The lowest BCUT2D eigenvalue weighted by molar-refractivity contribution is 0.601. The molecular formula is C18H22FN. The second-order valence-corrected chi connectivity index (χ2v) is 5.04. The van der Waals surface area contributed by atoms with Gasteiger partial charge in [-0.1, -0.05) is 44.2 Å². The Bertz CT molecular complexity index is 590. The van der Waals surface area contributed by atoms with Crippen LogP contribution in [-0.4, -0.2) is 7.05 Å². The van der Waals surface area contributed by atoms with E-state index in [-0.39, 0.29) is 5.82 Å². The van der Waals surface area contributed by atoms with Crippen molar-refractivity contribution >= 4 is 0 Å². The summed E-state index contributed by atoms with van der Waals surface area (Å²) in [6.07, 6.45) is 1.95. The van der Waals surface area contributed by atoms with Crippen molar-refractivity contribution in [2.45, 2.75) is 33.2 Å². The summed E-state index contributed by atoms with van der Waals surface area (Å²) in [6, 6.07) is 12.1. The quantitative estimate of drug-likeness (QED) is 0.853. The highest BCUT2D eigenvalue weighted by atomic mass is 19.1. The van der Waals surface area contributed by atoms with E-state index in [1.54, 1.807) is 6.07 Å². The van der Waals surface area contributed by atoms with Crippen molar-refractivity contribution in [1.29, 1.82) is 0 Å². The molecule has 0 aliphatic heterocycles. The fourth-order valence-corrected chi connectivity index (χ4v) is 2.47. The van der Waals surface area contributed by atoms with E-state index in [2.05, 4.69) is 37.4 Å². The van der Waals surface area contributed by atoms with Crippen molar-refractivity contribution in [3.63, 3.8) is 0 Å². The van der Waals surface area contributed by atoms with Gasteiger partial charge >= 0.3 is 0 Å². The summed E-state index contributed by atoms with van der Waals surface area (Å²) in [4.78, 5) is 0. The van der Waals surface area contributed by atoms with Crippen molar-refractivity contribution in [3.8, 4) is 11.1 Å². The smallest absolute Gasteiger partial charge is 0.128 e. The predicted octanol–water partition coefficient (Wildman–Crippen LogP) is 4.34. The second kappa shape index (κ2) is 6.67. The molecule has 2 heteroatoms. The zero-order valence-electron chi connectivity index (χ0n) is 12.5. The van der Waals surface area contributed by atoms with Gasteiger partial charge in [-0.05, 0) is 48.2 Å². The number of halogens is 1. The average Bonchev–Trinajstić information content (AvgIpc) is 2.48. The normalized spacial score (nSPS) is 10.8. The average molecular weight is 271 g/mol. The fraction of sp³-hybridized carbons (Fsp3) is 0.333. The minimum absolute atomic E-state index is 0.138. The van der Waals surface area contributed by atoms with Crippen LogP contribution in [0.1, 0.15) is 30.5 Å². The van der Waals surface area contributed by atoms with E-state index < -0.39 is 0 Å². The lowest BCUT2D eigenvalue weighted by Crippen LogP contribution is -2.07. The second-order valence-electron chi connectivity index (χ2n) is 5.04.